The Balaban J connectivity index is 0.000000116. The highest BCUT2D eigenvalue weighted by atomic mass is 19.3. The fraction of sp³-hybridized carbons (Fsp3) is 0.290. The average molecular weight is 1800 g/mol. The van der Waals surface area contributed by atoms with Crippen LogP contribution in [0.2, 0.25) is 0 Å². The normalized spacial score (nSPS) is 13.3. The molecule has 12 heterocycles. The zero-order chi connectivity index (χ0) is 93.1. The molecule has 0 radical (unpaired) electrons. The number of hydrogen-bond donors (Lipinski definition) is 6. The largest absolute Gasteiger partial charge is 0.463 e. The van der Waals surface area contributed by atoms with Crippen molar-refractivity contribution in [1.29, 1.82) is 0 Å². The van der Waals surface area contributed by atoms with E-state index >= 15 is 0 Å². The number of fused-ring (bicyclic) bond motifs is 7. The minimum Gasteiger partial charge on any atom is -0.463 e. The number of hydrogen-bond acceptors (Lipinski definition) is 26. The topological polar surface area (TPSA) is 349 Å². The van der Waals surface area contributed by atoms with E-state index in [9.17, 15) is 30.7 Å². The fourth-order valence-corrected chi connectivity index (χ4v) is 14.2. The van der Waals surface area contributed by atoms with Gasteiger partial charge in [-0.05, 0) is 213 Å². The lowest BCUT2D eigenvalue weighted by molar-refractivity contribution is 0.00799. The Morgan fingerprint density at radius 1 is 0.348 bits per heavy atom. The first-order chi connectivity index (χ1) is 63.2. The van der Waals surface area contributed by atoms with Gasteiger partial charge >= 0.3 is 17.9 Å². The summed E-state index contributed by atoms with van der Waals surface area (Å²) >= 11 is 0. The van der Waals surface area contributed by atoms with E-state index in [1.54, 1.807) is 58.8 Å². The van der Waals surface area contributed by atoms with Gasteiger partial charge in [-0.3, -0.25) is 0 Å². The van der Waals surface area contributed by atoms with E-state index in [1.165, 1.54) is 101 Å². The molecule has 0 bridgehead atoms. The second-order valence-corrected chi connectivity index (χ2v) is 32.7. The van der Waals surface area contributed by atoms with Gasteiger partial charge in [0.05, 0.1) is 13.2 Å². The molecule has 18 aromatic rings. The standard InChI is InChI=1S/3C16H17N5.C15H13F4N5.C15H15F2N5O.C15H16FN5O/c2*1-10-3-7-13(8-4-10)18-14-9-11(2)17-16-19-15(12-5-6-12)20-21(14)16;1-10-3-4-12-7-14(8-13(12)5-10)20-15-6-11(2)19-16-17-9-18-21(15)16;1-7-4-12(21-9-5-10(16)8(2)11(17)6-9)24-14(20-7)22-13(23-24)15(3,18)19;1-4-23-15-20-14-18-8(2)5-13(22(14)21-15)19-10-6-11(16)9(3)12(17)7-10;1-4-22-15-19-14-17-10(3)7-13(21(14)20-15)18-11-6-5-9(2)12(16)8-11/h2*3-4,7-9,12,18H,5-6H2,1-2H3;3-6,9,14,20H,7-8H2,1-2H3;4-6,21H,1-3H3;5-7,19H,4H2,1-3H3;5-8,18H,4H2,1-3H3. The van der Waals surface area contributed by atoms with Crippen LogP contribution in [0.4, 0.5) is 94.1 Å². The summed E-state index contributed by atoms with van der Waals surface area (Å²) in [6.45, 7) is 27.2. The molecule has 0 spiro atoms. The monoisotopic (exact) mass is 1800 g/mol. The van der Waals surface area contributed by atoms with Crippen LogP contribution in [0.15, 0.2) is 152 Å². The lowest BCUT2D eigenvalue weighted by atomic mass is 10.1. The van der Waals surface area contributed by atoms with Crippen molar-refractivity contribution in [3.8, 4) is 12.0 Å². The quantitative estimate of drug-likeness (QED) is 0.0410. The van der Waals surface area contributed by atoms with Crippen molar-refractivity contribution in [3.63, 3.8) is 0 Å². The molecule has 6 N–H and O–H groups in total. The molecule has 678 valence electrons. The van der Waals surface area contributed by atoms with E-state index in [2.05, 4.69) is 210 Å². The molecule has 39 heteroatoms. The van der Waals surface area contributed by atoms with Crippen LogP contribution in [0.3, 0.4) is 0 Å². The van der Waals surface area contributed by atoms with Crippen LogP contribution < -0.4 is 41.4 Å². The number of halogens is 7. The van der Waals surface area contributed by atoms with Crippen molar-refractivity contribution in [2.45, 2.75) is 166 Å². The van der Waals surface area contributed by atoms with Gasteiger partial charge in [0, 0.05) is 135 Å². The molecule has 21 rings (SSSR count). The Labute approximate surface area is 752 Å². The number of benzene rings is 6. The molecule has 12 aromatic heterocycles. The zero-order valence-electron chi connectivity index (χ0n) is 75.0. The van der Waals surface area contributed by atoms with E-state index in [1.807, 2.05) is 65.8 Å². The SMILES string of the molecule is CCOc1nc2nc(C)cc(Nc3cc(F)c(C)c(F)c3)n2n1.CCOc1nc2nc(C)cc(Nc3ccc(C)c(F)c3)n2n1.Cc1cc(Nc2cc(F)c(C)c(F)c2)n2nc(C(C)(F)F)nc2n1.Cc1ccc(Nc2cc(C)nc3nc(C4CC4)nn23)cc1.Cc1ccc(Nc2cc(C)nc3nc(C4CC4)nn23)cc1.Cc1ccc2c(c1)CC(Nc1cc(C)nc3ncnn13)C2. The van der Waals surface area contributed by atoms with Crippen molar-refractivity contribution in [2.75, 3.05) is 45.1 Å². The molecular formula is C93H95F7N30O2. The molecule has 132 heavy (non-hydrogen) atoms. The van der Waals surface area contributed by atoms with Gasteiger partial charge in [0.25, 0.3) is 34.7 Å². The van der Waals surface area contributed by atoms with Crippen molar-refractivity contribution >= 4 is 98.0 Å². The van der Waals surface area contributed by atoms with Gasteiger partial charge in [-0.1, -0.05) is 65.2 Å². The number of alkyl halides is 2. The lowest BCUT2D eigenvalue weighted by Crippen LogP contribution is -2.21. The molecular weight excluding hydrogens is 1700 g/mol. The summed E-state index contributed by atoms with van der Waals surface area (Å²) in [6.07, 6.45) is 8.40. The molecule has 2 saturated carbocycles. The predicted octanol–water partition coefficient (Wildman–Crippen LogP) is 19.1. The van der Waals surface area contributed by atoms with E-state index in [-0.39, 0.29) is 51.9 Å². The van der Waals surface area contributed by atoms with Gasteiger partial charge in [0.2, 0.25) is 5.82 Å². The molecule has 0 aliphatic heterocycles. The number of nitrogens with one attached hydrogen (secondary N) is 6. The lowest BCUT2D eigenvalue weighted by Gasteiger charge is -2.14. The van der Waals surface area contributed by atoms with E-state index in [4.69, 9.17) is 9.47 Å². The average Bonchev–Trinajstić information content (AvgIpc) is 1.61. The number of ether oxygens (including phenoxy) is 2. The van der Waals surface area contributed by atoms with Gasteiger partial charge in [0.15, 0.2) is 11.6 Å². The molecule has 6 aromatic carbocycles. The maximum Gasteiger partial charge on any atom is 0.337 e. The first kappa shape index (κ1) is 89.9. The minimum atomic E-state index is -3.24. The maximum absolute atomic E-state index is 13.7. The summed E-state index contributed by atoms with van der Waals surface area (Å²) in [4.78, 5) is 51.2. The molecule has 3 aliphatic carbocycles. The number of rotatable bonds is 19. The molecule has 3 aliphatic rings. The van der Waals surface area contributed by atoms with Gasteiger partial charge in [-0.25, -0.2) is 51.9 Å². The Kier molecular flexibility index (Phi) is 25.9. The second kappa shape index (κ2) is 38.1. The highest BCUT2D eigenvalue weighted by molar-refractivity contribution is 5.65. The third-order valence-corrected chi connectivity index (χ3v) is 21.2. The number of aromatic nitrogens is 24. The first-order valence-electron chi connectivity index (χ1n) is 42.8. The third-order valence-electron chi connectivity index (χ3n) is 21.2. The Hall–Kier alpha value is -15.5. The maximum atomic E-state index is 13.7. The Morgan fingerprint density at radius 3 is 1.12 bits per heavy atom. The van der Waals surface area contributed by atoms with Crippen LogP contribution in [0.25, 0.3) is 34.7 Å². The van der Waals surface area contributed by atoms with Crippen LogP contribution in [-0.2, 0) is 18.8 Å². The number of aryl methyl sites for hydroxylation is 10. The minimum absolute atomic E-state index is 0.0222. The third kappa shape index (κ3) is 21.4. The second-order valence-electron chi connectivity index (χ2n) is 32.7. The van der Waals surface area contributed by atoms with E-state index in [0.29, 0.717) is 101 Å². The summed E-state index contributed by atoms with van der Waals surface area (Å²) in [7, 11) is 0. The van der Waals surface area contributed by atoms with Crippen LogP contribution >= 0.6 is 0 Å². The molecule has 0 amide bonds. The summed E-state index contributed by atoms with van der Waals surface area (Å²) in [5.41, 5.74) is 15.0. The van der Waals surface area contributed by atoms with Gasteiger partial charge in [-0.2, -0.15) is 70.9 Å². The van der Waals surface area contributed by atoms with Crippen molar-refractivity contribution in [3.05, 3.63) is 277 Å². The van der Waals surface area contributed by atoms with Crippen LogP contribution in [0.1, 0.15) is 154 Å². The van der Waals surface area contributed by atoms with Crippen molar-refractivity contribution in [2.24, 2.45) is 0 Å². The van der Waals surface area contributed by atoms with Gasteiger partial charge in [0.1, 0.15) is 70.3 Å². The Bertz CT molecular complexity index is 7100. The summed E-state index contributed by atoms with van der Waals surface area (Å²) < 4.78 is 115. The molecule has 2 fully saturated rings. The fourth-order valence-electron chi connectivity index (χ4n) is 14.2. The number of nitrogens with zero attached hydrogens (tertiary/aromatic N) is 24. The van der Waals surface area contributed by atoms with E-state index < -0.39 is 35.0 Å². The zero-order valence-corrected chi connectivity index (χ0v) is 75.0. The number of anilines is 11. The van der Waals surface area contributed by atoms with Crippen LogP contribution in [0.5, 0.6) is 12.0 Å². The molecule has 0 saturated heterocycles. The highest BCUT2D eigenvalue weighted by Gasteiger charge is 2.33. The summed E-state index contributed by atoms with van der Waals surface area (Å²) in [5.74, 6) is 2.83. The summed E-state index contributed by atoms with van der Waals surface area (Å²) in [5, 5.41) is 44.9. The van der Waals surface area contributed by atoms with Crippen molar-refractivity contribution < 1.29 is 40.2 Å². The van der Waals surface area contributed by atoms with Gasteiger partial charge in [-0.15, -0.1) is 25.5 Å². The van der Waals surface area contributed by atoms with E-state index in [0.717, 1.165) is 92.7 Å². The first-order valence-corrected chi connectivity index (χ1v) is 42.8. The predicted molar refractivity (Wildman–Crippen MR) is 487 cm³/mol. The smallest absolute Gasteiger partial charge is 0.337 e. The highest BCUT2D eigenvalue weighted by Crippen LogP contribution is 2.40. The summed E-state index contributed by atoms with van der Waals surface area (Å²) in [6, 6.07) is 44.9. The van der Waals surface area contributed by atoms with Crippen LogP contribution in [-0.4, -0.2) is 137 Å². The van der Waals surface area contributed by atoms with Crippen molar-refractivity contribution in [1.82, 2.24) is 117 Å². The van der Waals surface area contributed by atoms with Gasteiger partial charge < -0.3 is 41.4 Å². The molecule has 1 unspecified atom stereocenters. The molecule has 1 atom stereocenters. The Morgan fingerprint density at radius 2 is 0.705 bits per heavy atom. The van der Waals surface area contributed by atoms with Crippen LogP contribution in [0, 0.1) is 112 Å². The molecule has 32 nitrogen and oxygen atoms in total.